The summed E-state index contributed by atoms with van der Waals surface area (Å²) in [6.07, 6.45) is 3.58. The smallest absolute Gasteiger partial charge is 0.261 e. The Hall–Kier alpha value is -1.62. The van der Waals surface area contributed by atoms with Gasteiger partial charge >= 0.3 is 0 Å². The predicted molar refractivity (Wildman–Crippen MR) is 68.2 cm³/mol. The van der Waals surface area contributed by atoms with Crippen LogP contribution in [0.1, 0.15) is 22.5 Å². The molecule has 1 aromatic heterocycles. The van der Waals surface area contributed by atoms with Crippen molar-refractivity contribution in [3.8, 4) is 0 Å². The second kappa shape index (κ2) is 5.14. The molecule has 5 heteroatoms. The molecule has 0 atom stereocenters. The monoisotopic (exact) mass is 250 g/mol. The Morgan fingerprint density at radius 2 is 2.24 bits per heavy atom. The average molecular weight is 250 g/mol. The van der Waals surface area contributed by atoms with Crippen LogP contribution in [0.15, 0.2) is 24.8 Å². The van der Waals surface area contributed by atoms with Crippen molar-refractivity contribution in [3.63, 3.8) is 0 Å². The van der Waals surface area contributed by atoms with Gasteiger partial charge in [0, 0.05) is 12.5 Å². The summed E-state index contributed by atoms with van der Waals surface area (Å²) in [5.74, 6) is 0.0989. The molecule has 0 spiro atoms. The van der Waals surface area contributed by atoms with Crippen molar-refractivity contribution in [1.29, 1.82) is 0 Å². The fraction of sp³-hybridized carbons (Fsp3) is 0.333. The zero-order valence-electron chi connectivity index (χ0n) is 9.36. The van der Waals surface area contributed by atoms with Gasteiger partial charge < -0.3 is 10.6 Å². The summed E-state index contributed by atoms with van der Waals surface area (Å²) in [4.78, 5) is 23.7. The highest BCUT2D eigenvalue weighted by atomic mass is 32.1. The largest absolute Gasteiger partial charge is 0.348 e. The first-order chi connectivity index (χ1) is 8.20. The van der Waals surface area contributed by atoms with Crippen molar-refractivity contribution in [2.45, 2.75) is 12.8 Å². The molecule has 1 saturated carbocycles. The Morgan fingerprint density at radius 1 is 1.47 bits per heavy atom. The summed E-state index contributed by atoms with van der Waals surface area (Å²) in [6.45, 7) is 3.97. The number of hydrogen-bond donors (Lipinski definition) is 2. The van der Waals surface area contributed by atoms with Gasteiger partial charge in [0.05, 0.1) is 9.88 Å². The molecule has 2 amide bonds. The molecule has 0 aliphatic heterocycles. The third-order valence-corrected chi connectivity index (χ3v) is 3.43. The van der Waals surface area contributed by atoms with E-state index in [1.807, 2.05) is 0 Å². The second-order valence-corrected chi connectivity index (χ2v) is 5.01. The van der Waals surface area contributed by atoms with E-state index in [2.05, 4.69) is 17.2 Å². The molecule has 1 heterocycles. The number of anilines is 1. The summed E-state index contributed by atoms with van der Waals surface area (Å²) in [5, 5.41) is 6.23. The maximum absolute atomic E-state index is 11.6. The molecule has 0 bridgehead atoms. The highest BCUT2D eigenvalue weighted by Gasteiger charge is 2.29. The normalized spacial score (nSPS) is 14.1. The highest BCUT2D eigenvalue weighted by Crippen LogP contribution is 2.31. The number of rotatable bonds is 5. The van der Waals surface area contributed by atoms with Crippen molar-refractivity contribution in [3.05, 3.63) is 29.7 Å². The molecule has 4 nitrogen and oxygen atoms in total. The molecule has 0 unspecified atom stereocenters. The first-order valence-electron chi connectivity index (χ1n) is 5.50. The van der Waals surface area contributed by atoms with E-state index >= 15 is 0 Å². The molecular weight excluding hydrogens is 236 g/mol. The van der Waals surface area contributed by atoms with Crippen LogP contribution in [0.2, 0.25) is 0 Å². The van der Waals surface area contributed by atoms with E-state index in [1.165, 1.54) is 11.3 Å². The minimum Gasteiger partial charge on any atom is -0.348 e. The van der Waals surface area contributed by atoms with Crippen molar-refractivity contribution in [2.24, 2.45) is 5.92 Å². The zero-order valence-corrected chi connectivity index (χ0v) is 10.2. The number of nitrogens with one attached hydrogen (secondary N) is 2. The van der Waals surface area contributed by atoms with Gasteiger partial charge in [0.2, 0.25) is 5.91 Å². The quantitative estimate of drug-likeness (QED) is 0.785. The zero-order chi connectivity index (χ0) is 12.3. The van der Waals surface area contributed by atoms with E-state index in [0.29, 0.717) is 11.4 Å². The van der Waals surface area contributed by atoms with Crippen LogP contribution in [0.25, 0.3) is 0 Å². The number of hydrogen-bond acceptors (Lipinski definition) is 3. The Kier molecular flexibility index (Phi) is 3.58. The minimum absolute atomic E-state index is 0.0601. The van der Waals surface area contributed by atoms with Crippen LogP contribution < -0.4 is 10.6 Å². The maximum atomic E-state index is 11.6. The summed E-state index contributed by atoms with van der Waals surface area (Å²) in [6, 6.07) is 3.47. The first-order valence-corrected chi connectivity index (χ1v) is 6.32. The average Bonchev–Trinajstić information content (AvgIpc) is 3.07. The third kappa shape index (κ3) is 3.17. The number of carbonyl (C=O) groups excluding carboxylic acids is 2. The molecule has 1 aromatic rings. The van der Waals surface area contributed by atoms with Gasteiger partial charge in [-0.05, 0) is 25.0 Å². The second-order valence-electron chi connectivity index (χ2n) is 3.93. The molecule has 1 aliphatic carbocycles. The highest BCUT2D eigenvalue weighted by molar-refractivity contribution is 7.18. The SMILES string of the molecule is C=CCNC(=O)c1ccc(NC(=O)C2CC2)s1. The van der Waals surface area contributed by atoms with Gasteiger partial charge in [-0.25, -0.2) is 0 Å². The predicted octanol–water partition coefficient (Wildman–Crippen LogP) is 2.01. The molecule has 0 saturated heterocycles. The summed E-state index contributed by atoms with van der Waals surface area (Å²) in [5.41, 5.74) is 0. The van der Waals surface area contributed by atoms with Gasteiger partial charge in [0.15, 0.2) is 0 Å². The van der Waals surface area contributed by atoms with Crippen LogP contribution in [-0.4, -0.2) is 18.4 Å². The van der Waals surface area contributed by atoms with E-state index < -0.39 is 0 Å². The fourth-order valence-corrected chi connectivity index (χ4v) is 2.17. The number of amides is 2. The lowest BCUT2D eigenvalue weighted by Gasteiger charge is -2.00. The third-order valence-electron chi connectivity index (χ3n) is 2.43. The first kappa shape index (κ1) is 11.9. The molecule has 1 fully saturated rings. The molecule has 90 valence electrons. The molecule has 0 radical (unpaired) electrons. The van der Waals surface area contributed by atoms with E-state index in [-0.39, 0.29) is 17.7 Å². The summed E-state index contributed by atoms with van der Waals surface area (Å²) >= 11 is 1.29. The van der Waals surface area contributed by atoms with Crippen LogP contribution >= 0.6 is 11.3 Å². The number of carbonyl (C=O) groups is 2. The van der Waals surface area contributed by atoms with Gasteiger partial charge in [0.1, 0.15) is 0 Å². The minimum atomic E-state index is -0.137. The van der Waals surface area contributed by atoms with Gasteiger partial charge in [-0.1, -0.05) is 6.08 Å². The molecule has 17 heavy (non-hydrogen) atoms. The van der Waals surface area contributed by atoms with Crippen LogP contribution in [-0.2, 0) is 4.79 Å². The van der Waals surface area contributed by atoms with Crippen molar-refractivity contribution < 1.29 is 9.59 Å². The van der Waals surface area contributed by atoms with Crippen LogP contribution in [0.4, 0.5) is 5.00 Å². The maximum Gasteiger partial charge on any atom is 0.261 e. The lowest BCUT2D eigenvalue weighted by Crippen LogP contribution is -2.22. The van der Waals surface area contributed by atoms with E-state index in [9.17, 15) is 9.59 Å². The van der Waals surface area contributed by atoms with Gasteiger partial charge in [-0.3, -0.25) is 9.59 Å². The topological polar surface area (TPSA) is 58.2 Å². The van der Waals surface area contributed by atoms with E-state index in [1.54, 1.807) is 18.2 Å². The van der Waals surface area contributed by atoms with Gasteiger partial charge in [-0.2, -0.15) is 0 Å². The molecule has 1 aliphatic rings. The standard InChI is InChI=1S/C12H14N2O2S/c1-2-7-13-12(16)9-5-6-10(17-9)14-11(15)8-3-4-8/h2,5-6,8H,1,3-4,7H2,(H,13,16)(H,14,15). The molecule has 2 rings (SSSR count). The van der Waals surface area contributed by atoms with Gasteiger partial charge in [-0.15, -0.1) is 17.9 Å². The van der Waals surface area contributed by atoms with Gasteiger partial charge in [0.25, 0.3) is 5.91 Å². The molecular formula is C12H14N2O2S. The van der Waals surface area contributed by atoms with E-state index in [4.69, 9.17) is 0 Å². The number of thiophene rings is 1. The molecule has 0 aromatic carbocycles. The Labute approximate surface area is 104 Å². The summed E-state index contributed by atoms with van der Waals surface area (Å²) < 4.78 is 0. The van der Waals surface area contributed by atoms with Crippen molar-refractivity contribution in [1.82, 2.24) is 5.32 Å². The van der Waals surface area contributed by atoms with Crippen LogP contribution in [0.3, 0.4) is 0 Å². The lowest BCUT2D eigenvalue weighted by atomic mass is 10.4. The van der Waals surface area contributed by atoms with E-state index in [0.717, 1.165) is 17.8 Å². The lowest BCUT2D eigenvalue weighted by molar-refractivity contribution is -0.117. The summed E-state index contributed by atoms with van der Waals surface area (Å²) in [7, 11) is 0. The Balaban J connectivity index is 1.92. The van der Waals surface area contributed by atoms with Crippen LogP contribution in [0.5, 0.6) is 0 Å². The fourth-order valence-electron chi connectivity index (χ4n) is 1.35. The van der Waals surface area contributed by atoms with Crippen molar-refractivity contribution >= 4 is 28.2 Å². The Bertz CT molecular complexity index is 449. The Morgan fingerprint density at radius 3 is 2.88 bits per heavy atom. The van der Waals surface area contributed by atoms with Crippen LogP contribution in [0, 0.1) is 5.92 Å². The van der Waals surface area contributed by atoms with Crippen molar-refractivity contribution in [2.75, 3.05) is 11.9 Å². The molecule has 2 N–H and O–H groups in total.